The molecule has 0 aromatic heterocycles. The van der Waals surface area contributed by atoms with E-state index in [1.807, 2.05) is 26.0 Å². The lowest BCUT2D eigenvalue weighted by molar-refractivity contribution is -0.137. The molecule has 1 aromatic carbocycles. The summed E-state index contributed by atoms with van der Waals surface area (Å²) in [6.07, 6.45) is 0. The molecule has 1 N–H and O–H groups in total. The molecule has 1 aromatic rings. The van der Waals surface area contributed by atoms with Gasteiger partial charge in [0.25, 0.3) is 0 Å². The van der Waals surface area contributed by atoms with Crippen LogP contribution in [0.1, 0.15) is 16.7 Å². The number of carbonyl (C=O) groups is 1. The molecule has 1 rings (SSSR count). The minimum atomic E-state index is -0.242. The number of carbonyl (C=O) groups excluding carboxylic acids is 1. The van der Waals surface area contributed by atoms with Gasteiger partial charge >= 0.3 is 5.97 Å². The van der Waals surface area contributed by atoms with Crippen LogP contribution in [0.2, 0.25) is 0 Å². The summed E-state index contributed by atoms with van der Waals surface area (Å²) in [5.74, 6) is 1.00. The Balaban J connectivity index is 2.63. The second-order valence-electron chi connectivity index (χ2n) is 3.66. The van der Waals surface area contributed by atoms with Gasteiger partial charge in [0, 0.05) is 11.3 Å². The van der Waals surface area contributed by atoms with Gasteiger partial charge in [-0.05, 0) is 19.4 Å². The summed E-state index contributed by atoms with van der Waals surface area (Å²) < 4.78 is 4.54. The number of methoxy groups -OCH3 is 1. The fraction of sp³-hybridized carbons (Fsp3) is 0.417. The van der Waals surface area contributed by atoms with E-state index in [2.05, 4.69) is 4.74 Å². The van der Waals surface area contributed by atoms with Gasteiger partial charge in [-0.3, -0.25) is 4.79 Å². The molecule has 0 heterocycles. The van der Waals surface area contributed by atoms with E-state index >= 15 is 0 Å². The van der Waals surface area contributed by atoms with E-state index < -0.39 is 0 Å². The highest BCUT2D eigenvalue weighted by Gasteiger charge is 2.07. The van der Waals surface area contributed by atoms with Crippen LogP contribution in [-0.2, 0) is 15.3 Å². The SMILES string of the molecule is COC(=O)CSCc1cc(C)cc(C)c1O. The van der Waals surface area contributed by atoms with Gasteiger partial charge < -0.3 is 9.84 Å². The second kappa shape index (κ2) is 5.80. The molecular formula is C12H16O3S. The minimum absolute atomic E-state index is 0.242. The van der Waals surface area contributed by atoms with Crippen molar-refractivity contribution in [2.24, 2.45) is 0 Å². The van der Waals surface area contributed by atoms with E-state index in [4.69, 9.17) is 0 Å². The van der Waals surface area contributed by atoms with Crippen molar-refractivity contribution in [1.82, 2.24) is 0 Å². The number of thioether (sulfide) groups is 1. The summed E-state index contributed by atoms with van der Waals surface area (Å²) >= 11 is 1.44. The van der Waals surface area contributed by atoms with Gasteiger partial charge in [-0.2, -0.15) is 0 Å². The quantitative estimate of drug-likeness (QED) is 0.821. The average molecular weight is 240 g/mol. The third-order valence-corrected chi connectivity index (χ3v) is 3.18. The Morgan fingerprint density at radius 3 is 2.75 bits per heavy atom. The molecule has 16 heavy (non-hydrogen) atoms. The maximum atomic E-state index is 10.9. The molecule has 0 radical (unpaired) electrons. The molecule has 0 saturated carbocycles. The standard InChI is InChI=1S/C12H16O3S/c1-8-4-9(2)12(14)10(5-8)6-16-7-11(13)15-3/h4-5,14H,6-7H2,1-3H3. The number of phenols is 1. The van der Waals surface area contributed by atoms with Crippen molar-refractivity contribution in [3.8, 4) is 5.75 Å². The number of ether oxygens (including phenoxy) is 1. The Labute approximate surface area is 99.8 Å². The fourth-order valence-corrected chi connectivity index (χ4v) is 2.29. The van der Waals surface area contributed by atoms with Crippen molar-refractivity contribution in [2.75, 3.05) is 12.9 Å². The zero-order valence-corrected chi connectivity index (χ0v) is 10.6. The first-order chi connectivity index (χ1) is 7.54. The van der Waals surface area contributed by atoms with E-state index in [9.17, 15) is 9.90 Å². The van der Waals surface area contributed by atoms with E-state index in [1.165, 1.54) is 18.9 Å². The van der Waals surface area contributed by atoms with Crippen LogP contribution in [0.15, 0.2) is 12.1 Å². The molecule has 0 bridgehead atoms. The van der Waals surface area contributed by atoms with Gasteiger partial charge in [-0.1, -0.05) is 17.7 Å². The molecule has 0 amide bonds. The zero-order valence-electron chi connectivity index (χ0n) is 9.74. The molecule has 0 aliphatic heterocycles. The lowest BCUT2D eigenvalue weighted by Crippen LogP contribution is -2.03. The number of rotatable bonds is 4. The van der Waals surface area contributed by atoms with Crippen molar-refractivity contribution in [2.45, 2.75) is 19.6 Å². The van der Waals surface area contributed by atoms with Crippen LogP contribution in [-0.4, -0.2) is 23.9 Å². The number of phenolic OH excluding ortho intramolecular Hbond substituents is 1. The topological polar surface area (TPSA) is 46.5 Å². The predicted molar refractivity (Wildman–Crippen MR) is 65.8 cm³/mol. The van der Waals surface area contributed by atoms with Crippen molar-refractivity contribution >= 4 is 17.7 Å². The number of esters is 1. The van der Waals surface area contributed by atoms with Crippen LogP contribution in [0.25, 0.3) is 0 Å². The lowest BCUT2D eigenvalue weighted by atomic mass is 10.1. The molecule has 0 spiro atoms. The highest BCUT2D eigenvalue weighted by molar-refractivity contribution is 7.99. The smallest absolute Gasteiger partial charge is 0.315 e. The van der Waals surface area contributed by atoms with Gasteiger partial charge in [0.1, 0.15) is 5.75 Å². The van der Waals surface area contributed by atoms with Crippen LogP contribution in [0.4, 0.5) is 0 Å². The maximum Gasteiger partial charge on any atom is 0.315 e. The molecule has 88 valence electrons. The van der Waals surface area contributed by atoms with Gasteiger partial charge in [0.2, 0.25) is 0 Å². The lowest BCUT2D eigenvalue weighted by Gasteiger charge is -2.08. The van der Waals surface area contributed by atoms with Gasteiger partial charge in [-0.15, -0.1) is 11.8 Å². The third kappa shape index (κ3) is 3.45. The van der Waals surface area contributed by atoms with E-state index in [0.29, 0.717) is 17.3 Å². The predicted octanol–water partition coefficient (Wildman–Crippen LogP) is 2.42. The Morgan fingerprint density at radius 1 is 1.44 bits per heavy atom. The second-order valence-corrected chi connectivity index (χ2v) is 4.64. The first-order valence-corrected chi connectivity index (χ1v) is 6.13. The number of hydrogen-bond acceptors (Lipinski definition) is 4. The Hall–Kier alpha value is -1.16. The molecule has 3 nitrogen and oxygen atoms in total. The molecule has 0 aliphatic rings. The number of hydrogen-bond donors (Lipinski definition) is 1. The van der Waals surface area contributed by atoms with Gasteiger partial charge in [0.05, 0.1) is 12.9 Å². The summed E-state index contributed by atoms with van der Waals surface area (Å²) in [5, 5.41) is 9.81. The van der Waals surface area contributed by atoms with Crippen molar-refractivity contribution in [3.05, 3.63) is 28.8 Å². The first kappa shape index (κ1) is 12.9. The Bertz CT molecular complexity index is 388. The summed E-state index contributed by atoms with van der Waals surface area (Å²) in [7, 11) is 1.37. The summed E-state index contributed by atoms with van der Waals surface area (Å²) in [6, 6.07) is 3.87. The molecule has 0 fully saturated rings. The molecule has 0 unspecified atom stereocenters. The van der Waals surface area contributed by atoms with E-state index in [-0.39, 0.29) is 5.97 Å². The van der Waals surface area contributed by atoms with E-state index in [0.717, 1.165) is 16.7 Å². The van der Waals surface area contributed by atoms with Gasteiger partial charge in [-0.25, -0.2) is 0 Å². The van der Waals surface area contributed by atoms with Gasteiger partial charge in [0.15, 0.2) is 0 Å². The largest absolute Gasteiger partial charge is 0.507 e. The monoisotopic (exact) mass is 240 g/mol. The van der Waals surface area contributed by atoms with Crippen molar-refractivity contribution < 1.29 is 14.6 Å². The first-order valence-electron chi connectivity index (χ1n) is 4.98. The molecule has 0 atom stereocenters. The summed E-state index contributed by atoms with van der Waals surface area (Å²) in [5.41, 5.74) is 2.85. The minimum Gasteiger partial charge on any atom is -0.507 e. The van der Waals surface area contributed by atoms with Crippen LogP contribution in [0, 0.1) is 13.8 Å². The number of aryl methyl sites for hydroxylation is 2. The highest BCUT2D eigenvalue weighted by Crippen LogP contribution is 2.27. The van der Waals surface area contributed by atoms with E-state index in [1.54, 1.807) is 0 Å². The maximum absolute atomic E-state index is 10.9. The Kier molecular flexibility index (Phi) is 4.68. The number of aromatic hydroxyl groups is 1. The molecule has 0 saturated heterocycles. The zero-order chi connectivity index (χ0) is 12.1. The van der Waals surface area contributed by atoms with Crippen molar-refractivity contribution in [3.63, 3.8) is 0 Å². The van der Waals surface area contributed by atoms with Crippen molar-refractivity contribution in [1.29, 1.82) is 0 Å². The number of benzene rings is 1. The highest BCUT2D eigenvalue weighted by atomic mass is 32.2. The fourth-order valence-electron chi connectivity index (χ4n) is 1.46. The van der Waals surface area contributed by atoms with Crippen LogP contribution < -0.4 is 0 Å². The normalized spacial score (nSPS) is 10.2. The van der Waals surface area contributed by atoms with Crippen LogP contribution >= 0.6 is 11.8 Å². The molecular weight excluding hydrogens is 224 g/mol. The Morgan fingerprint density at radius 2 is 2.12 bits per heavy atom. The summed E-state index contributed by atoms with van der Waals surface area (Å²) in [4.78, 5) is 10.9. The van der Waals surface area contributed by atoms with Crippen LogP contribution in [0.5, 0.6) is 5.75 Å². The van der Waals surface area contributed by atoms with Crippen LogP contribution in [0.3, 0.4) is 0 Å². The third-order valence-electron chi connectivity index (χ3n) is 2.23. The molecule has 0 aliphatic carbocycles. The summed E-state index contributed by atoms with van der Waals surface area (Å²) in [6.45, 7) is 3.86. The average Bonchev–Trinajstić information content (AvgIpc) is 2.24. The molecule has 4 heteroatoms.